The molecule has 0 aliphatic heterocycles. The Kier molecular flexibility index (Phi) is 7.90. The molecule has 1 nitrogen and oxygen atoms in total. The predicted octanol–water partition coefficient (Wildman–Crippen LogP) is 14.1. The third-order valence-corrected chi connectivity index (χ3v) is 10.7. The van der Waals surface area contributed by atoms with Crippen LogP contribution in [0.1, 0.15) is 25.0 Å². The minimum absolute atomic E-state index is 0.0672. The van der Waals surface area contributed by atoms with Crippen LogP contribution in [0.3, 0.4) is 0 Å². The van der Waals surface area contributed by atoms with Crippen LogP contribution in [0.25, 0.3) is 55.6 Å². The molecule has 0 amide bonds. The highest BCUT2D eigenvalue weighted by atomic mass is 15.1. The molecule has 1 aliphatic rings. The molecule has 0 saturated carbocycles. The van der Waals surface area contributed by atoms with Crippen LogP contribution in [0, 0.1) is 0 Å². The molecule has 248 valence electrons. The van der Waals surface area contributed by atoms with Gasteiger partial charge in [-0.05, 0) is 109 Å². The second-order valence-corrected chi connectivity index (χ2v) is 14.2. The smallest absolute Gasteiger partial charge is 0.0462 e. The molecule has 0 heterocycles. The summed E-state index contributed by atoms with van der Waals surface area (Å²) < 4.78 is 0. The van der Waals surface area contributed by atoms with Crippen molar-refractivity contribution in [3.63, 3.8) is 0 Å². The van der Waals surface area contributed by atoms with Gasteiger partial charge in [0.25, 0.3) is 0 Å². The van der Waals surface area contributed by atoms with E-state index in [-0.39, 0.29) is 5.41 Å². The third-order valence-electron chi connectivity index (χ3n) is 10.7. The van der Waals surface area contributed by atoms with E-state index in [1.165, 1.54) is 66.8 Å². The average Bonchev–Trinajstić information content (AvgIpc) is 3.45. The van der Waals surface area contributed by atoms with Crippen LogP contribution in [0.15, 0.2) is 200 Å². The lowest BCUT2D eigenvalue weighted by molar-refractivity contribution is 0.662. The summed E-state index contributed by atoms with van der Waals surface area (Å²) >= 11 is 0. The maximum absolute atomic E-state index is 2.36. The van der Waals surface area contributed by atoms with E-state index in [9.17, 15) is 0 Å². The summed E-state index contributed by atoms with van der Waals surface area (Å²) in [5.74, 6) is 0. The Balaban J connectivity index is 1.07. The maximum Gasteiger partial charge on any atom is 0.0462 e. The zero-order chi connectivity index (χ0) is 35.1. The van der Waals surface area contributed by atoms with E-state index >= 15 is 0 Å². The molecule has 9 rings (SSSR count). The first-order chi connectivity index (χ1) is 25.5. The zero-order valence-corrected chi connectivity index (χ0v) is 29.5. The van der Waals surface area contributed by atoms with E-state index in [0.717, 1.165) is 17.1 Å². The maximum atomic E-state index is 2.36. The van der Waals surface area contributed by atoms with Crippen molar-refractivity contribution in [1.82, 2.24) is 0 Å². The quantitative estimate of drug-likeness (QED) is 0.164. The van der Waals surface area contributed by atoms with Crippen molar-refractivity contribution >= 4 is 17.1 Å². The van der Waals surface area contributed by atoms with Crippen LogP contribution in [-0.2, 0) is 5.41 Å². The Hall–Kier alpha value is -6.44. The summed E-state index contributed by atoms with van der Waals surface area (Å²) in [6.07, 6.45) is 0. The molecule has 8 aromatic carbocycles. The molecule has 0 atom stereocenters. The Bertz CT molecular complexity index is 2410. The number of nitrogens with zero attached hydrogens (tertiary/aromatic N) is 1. The molecule has 52 heavy (non-hydrogen) atoms. The number of rotatable bonds is 7. The molecule has 0 saturated heterocycles. The third kappa shape index (κ3) is 5.61. The van der Waals surface area contributed by atoms with Gasteiger partial charge in [-0.2, -0.15) is 0 Å². The van der Waals surface area contributed by atoms with Crippen LogP contribution < -0.4 is 4.90 Å². The van der Waals surface area contributed by atoms with Crippen LogP contribution in [-0.4, -0.2) is 0 Å². The van der Waals surface area contributed by atoms with E-state index in [0.29, 0.717) is 0 Å². The second-order valence-electron chi connectivity index (χ2n) is 14.2. The van der Waals surface area contributed by atoms with E-state index in [1.54, 1.807) is 0 Å². The second kappa shape index (κ2) is 13.0. The van der Waals surface area contributed by atoms with Gasteiger partial charge in [-0.3, -0.25) is 0 Å². The van der Waals surface area contributed by atoms with Gasteiger partial charge in [0.2, 0.25) is 0 Å². The predicted molar refractivity (Wildman–Crippen MR) is 220 cm³/mol. The van der Waals surface area contributed by atoms with Crippen LogP contribution >= 0.6 is 0 Å². The molecule has 1 aliphatic carbocycles. The monoisotopic (exact) mass is 665 g/mol. The number of hydrogen-bond acceptors (Lipinski definition) is 1. The van der Waals surface area contributed by atoms with Gasteiger partial charge >= 0.3 is 0 Å². The molecule has 0 aromatic heterocycles. The number of fused-ring (bicyclic) bond motifs is 3. The first-order valence-electron chi connectivity index (χ1n) is 18.1. The first kappa shape index (κ1) is 31.5. The van der Waals surface area contributed by atoms with Crippen molar-refractivity contribution in [2.45, 2.75) is 19.3 Å². The SMILES string of the molecule is CC1(C)c2ccccc2-c2cccc(-c3cccc(-c4ccc(N(c5ccc(-c6ccccc6)cc5)c5ccc(-c6ccccc6)cc5)cc4)c3)c21. The van der Waals surface area contributed by atoms with E-state index in [1.807, 2.05) is 0 Å². The summed E-state index contributed by atoms with van der Waals surface area (Å²) in [6.45, 7) is 4.72. The van der Waals surface area contributed by atoms with Gasteiger partial charge in [-0.15, -0.1) is 0 Å². The minimum Gasteiger partial charge on any atom is -0.311 e. The van der Waals surface area contributed by atoms with Crippen LogP contribution in [0.5, 0.6) is 0 Å². The molecule has 8 aromatic rings. The highest BCUT2D eigenvalue weighted by Gasteiger charge is 2.37. The minimum atomic E-state index is -0.0672. The fourth-order valence-corrected chi connectivity index (χ4v) is 8.07. The fourth-order valence-electron chi connectivity index (χ4n) is 8.07. The van der Waals surface area contributed by atoms with Gasteiger partial charge < -0.3 is 4.90 Å². The lowest BCUT2D eigenvalue weighted by Crippen LogP contribution is -2.16. The Labute approximate surface area is 307 Å². The summed E-state index contributed by atoms with van der Waals surface area (Å²) in [5.41, 5.74) is 18.6. The fraction of sp³-hybridized carbons (Fsp3) is 0.0588. The molecule has 0 unspecified atom stereocenters. The summed E-state index contributed by atoms with van der Waals surface area (Å²) in [4.78, 5) is 2.34. The zero-order valence-electron chi connectivity index (χ0n) is 29.5. The Morgan fingerprint density at radius 2 is 0.692 bits per heavy atom. The summed E-state index contributed by atoms with van der Waals surface area (Å²) in [7, 11) is 0. The molecule has 1 heteroatoms. The summed E-state index contributed by atoms with van der Waals surface area (Å²) in [5, 5.41) is 0. The van der Waals surface area contributed by atoms with Gasteiger partial charge in [0.1, 0.15) is 0 Å². The lowest BCUT2D eigenvalue weighted by atomic mass is 9.78. The van der Waals surface area contributed by atoms with Gasteiger partial charge in [-0.25, -0.2) is 0 Å². The normalized spacial score (nSPS) is 12.6. The Morgan fingerprint density at radius 3 is 1.25 bits per heavy atom. The number of benzene rings is 8. The Morgan fingerprint density at radius 1 is 0.308 bits per heavy atom. The topological polar surface area (TPSA) is 3.24 Å². The molecule has 0 fully saturated rings. The standard InChI is InChI=1S/C51H39N/c1-51(2)49-22-10-9-19-47(49)48-21-12-20-46(50(48)51)42-18-11-17-41(35-42)40-27-33-45(34-28-40)52(43-29-23-38(24-30-43)36-13-5-3-6-14-36)44-31-25-39(26-32-44)37-15-7-4-8-16-37/h3-35H,1-2H3. The van der Waals surface area contributed by atoms with Crippen molar-refractivity contribution in [2.24, 2.45) is 0 Å². The van der Waals surface area contributed by atoms with E-state index in [2.05, 4.69) is 219 Å². The average molecular weight is 666 g/mol. The number of anilines is 3. The van der Waals surface area contributed by atoms with Gasteiger partial charge in [0.15, 0.2) is 0 Å². The molecule has 0 bridgehead atoms. The largest absolute Gasteiger partial charge is 0.311 e. The van der Waals surface area contributed by atoms with Gasteiger partial charge in [0, 0.05) is 22.5 Å². The van der Waals surface area contributed by atoms with Crippen molar-refractivity contribution in [2.75, 3.05) is 4.90 Å². The lowest BCUT2D eigenvalue weighted by Gasteiger charge is -2.26. The highest BCUT2D eigenvalue weighted by molar-refractivity contribution is 5.89. The van der Waals surface area contributed by atoms with Crippen LogP contribution in [0.2, 0.25) is 0 Å². The van der Waals surface area contributed by atoms with Crippen molar-refractivity contribution < 1.29 is 0 Å². The van der Waals surface area contributed by atoms with Crippen molar-refractivity contribution in [1.29, 1.82) is 0 Å². The molecule has 0 N–H and O–H groups in total. The number of hydrogen-bond donors (Lipinski definition) is 0. The van der Waals surface area contributed by atoms with Crippen molar-refractivity contribution in [3.05, 3.63) is 211 Å². The molecule has 0 radical (unpaired) electrons. The van der Waals surface area contributed by atoms with Gasteiger partial charge in [-0.1, -0.05) is 172 Å². The van der Waals surface area contributed by atoms with Gasteiger partial charge in [0.05, 0.1) is 0 Å². The first-order valence-corrected chi connectivity index (χ1v) is 18.1. The van der Waals surface area contributed by atoms with Crippen LogP contribution in [0.4, 0.5) is 17.1 Å². The highest BCUT2D eigenvalue weighted by Crippen LogP contribution is 2.52. The van der Waals surface area contributed by atoms with E-state index < -0.39 is 0 Å². The molecular weight excluding hydrogens is 627 g/mol. The van der Waals surface area contributed by atoms with Crippen molar-refractivity contribution in [3.8, 4) is 55.6 Å². The molecule has 0 spiro atoms. The summed E-state index contributed by atoms with van der Waals surface area (Å²) in [6, 6.07) is 72.6. The molecular formula is C51H39N. The van der Waals surface area contributed by atoms with E-state index in [4.69, 9.17) is 0 Å².